The Hall–Kier alpha value is -2.14. The molecule has 1 amide bonds. The van der Waals surface area contributed by atoms with Crippen molar-refractivity contribution in [2.24, 2.45) is 0 Å². The van der Waals surface area contributed by atoms with Gasteiger partial charge in [-0.15, -0.1) is 0 Å². The molecule has 5 nitrogen and oxygen atoms in total. The van der Waals surface area contributed by atoms with Crippen LogP contribution in [0.3, 0.4) is 0 Å². The summed E-state index contributed by atoms with van der Waals surface area (Å²) in [5.74, 6) is 0.741. The van der Waals surface area contributed by atoms with Crippen LogP contribution in [0.25, 0.3) is 0 Å². The van der Waals surface area contributed by atoms with Crippen molar-refractivity contribution >= 4 is 5.91 Å². The lowest BCUT2D eigenvalue weighted by molar-refractivity contribution is 0.0705. The molecule has 0 unspecified atom stereocenters. The number of aryl methyl sites for hydroxylation is 2. The van der Waals surface area contributed by atoms with Gasteiger partial charge in [-0.3, -0.25) is 4.79 Å². The van der Waals surface area contributed by atoms with Crippen LogP contribution in [0.1, 0.15) is 47.2 Å². The third kappa shape index (κ3) is 4.93. The normalized spacial score (nSPS) is 10.7. The van der Waals surface area contributed by atoms with Gasteiger partial charge in [-0.05, 0) is 37.5 Å². The van der Waals surface area contributed by atoms with Crippen molar-refractivity contribution in [3.63, 3.8) is 0 Å². The molecule has 0 aliphatic heterocycles. The minimum absolute atomic E-state index is 0.0621. The van der Waals surface area contributed by atoms with Crippen LogP contribution < -0.4 is 0 Å². The third-order valence-corrected chi connectivity index (χ3v) is 3.79. The fraction of sp³-hybridized carbons (Fsp3) is 0.444. The van der Waals surface area contributed by atoms with Gasteiger partial charge < -0.3 is 15.0 Å². The average molecular weight is 315 g/mol. The number of H-pyrrole nitrogens is 1. The van der Waals surface area contributed by atoms with Crippen LogP contribution >= 0.6 is 0 Å². The number of amides is 1. The first-order valence-corrected chi connectivity index (χ1v) is 8.13. The number of rotatable bonds is 8. The first-order valence-electron chi connectivity index (χ1n) is 8.13. The zero-order valence-electron chi connectivity index (χ0n) is 13.9. The molecule has 0 radical (unpaired) electrons. The van der Waals surface area contributed by atoms with Gasteiger partial charge in [-0.1, -0.05) is 25.5 Å². The number of carbonyl (C=O) groups excluding carboxylic acids is 1. The van der Waals surface area contributed by atoms with Gasteiger partial charge in [0.2, 0.25) is 0 Å². The summed E-state index contributed by atoms with van der Waals surface area (Å²) in [5.41, 5.74) is 2.76. The Kier molecular flexibility index (Phi) is 6.35. The molecule has 23 heavy (non-hydrogen) atoms. The number of nitrogens with zero attached hydrogens (tertiary/aromatic N) is 2. The molecule has 0 spiro atoms. The maximum atomic E-state index is 12.7. The maximum absolute atomic E-state index is 12.7. The van der Waals surface area contributed by atoms with Crippen molar-refractivity contribution in [1.29, 1.82) is 0 Å². The average Bonchev–Trinajstić information content (AvgIpc) is 2.97. The van der Waals surface area contributed by atoms with Crippen molar-refractivity contribution in [2.45, 2.75) is 39.7 Å². The number of aliphatic hydroxyl groups excluding tert-OH is 1. The lowest BCUT2D eigenvalue weighted by Gasteiger charge is -2.21. The molecular formula is C18H25N3O2. The fourth-order valence-electron chi connectivity index (χ4n) is 2.51. The zero-order valence-corrected chi connectivity index (χ0v) is 13.9. The molecule has 0 fully saturated rings. The predicted octanol–water partition coefficient (Wildman–Crippen LogP) is 2.70. The summed E-state index contributed by atoms with van der Waals surface area (Å²) < 4.78 is 0. The lowest BCUT2D eigenvalue weighted by atomic mass is 10.1. The van der Waals surface area contributed by atoms with E-state index in [0.29, 0.717) is 18.7 Å². The molecule has 0 aliphatic carbocycles. The van der Waals surface area contributed by atoms with Crippen molar-refractivity contribution in [3.8, 4) is 0 Å². The first-order chi connectivity index (χ1) is 11.1. The second kappa shape index (κ2) is 8.48. The Morgan fingerprint density at radius 3 is 2.61 bits per heavy atom. The van der Waals surface area contributed by atoms with E-state index in [-0.39, 0.29) is 12.5 Å². The highest BCUT2D eigenvalue weighted by atomic mass is 16.3. The maximum Gasteiger partial charge on any atom is 0.254 e. The number of benzene rings is 1. The third-order valence-electron chi connectivity index (χ3n) is 3.79. The van der Waals surface area contributed by atoms with Crippen LogP contribution in [0.15, 0.2) is 30.5 Å². The number of imidazole rings is 1. The van der Waals surface area contributed by atoms with Crippen LogP contribution in [0, 0.1) is 6.92 Å². The zero-order chi connectivity index (χ0) is 16.7. The van der Waals surface area contributed by atoms with Gasteiger partial charge in [0.05, 0.1) is 25.0 Å². The SMILES string of the molecule is CCCCc1ccc(C(=O)N(CCO)Cc2cnc(C)[nH]2)cc1. The Bertz CT molecular complexity index is 619. The Labute approximate surface area is 137 Å². The molecule has 2 N–H and O–H groups in total. The molecule has 124 valence electrons. The standard InChI is InChI=1S/C18H25N3O2/c1-3-4-5-15-6-8-16(9-7-15)18(23)21(10-11-22)13-17-12-19-14(2)20-17/h6-9,12,22H,3-5,10-11,13H2,1-2H3,(H,19,20). The number of aromatic amines is 1. The molecule has 0 saturated heterocycles. The van der Waals surface area contributed by atoms with E-state index in [1.165, 1.54) is 5.56 Å². The largest absolute Gasteiger partial charge is 0.395 e. The molecule has 0 saturated carbocycles. The van der Waals surface area contributed by atoms with Crippen molar-refractivity contribution < 1.29 is 9.90 Å². The molecule has 2 rings (SSSR count). The highest BCUT2D eigenvalue weighted by Gasteiger charge is 2.16. The van der Waals surface area contributed by atoms with Crippen LogP contribution in [-0.4, -0.2) is 39.0 Å². The number of aliphatic hydroxyl groups is 1. The number of carbonyl (C=O) groups is 1. The molecular weight excluding hydrogens is 290 g/mol. The summed E-state index contributed by atoms with van der Waals surface area (Å²) in [5, 5.41) is 9.24. The second-order valence-electron chi connectivity index (χ2n) is 5.74. The van der Waals surface area contributed by atoms with Gasteiger partial charge in [-0.25, -0.2) is 4.98 Å². The van der Waals surface area contributed by atoms with Crippen LogP contribution in [0.4, 0.5) is 0 Å². The summed E-state index contributed by atoms with van der Waals surface area (Å²) in [6, 6.07) is 7.77. The molecule has 1 aromatic heterocycles. The summed E-state index contributed by atoms with van der Waals surface area (Å²) in [6.07, 6.45) is 5.08. The van der Waals surface area contributed by atoms with Crippen LogP contribution in [0.5, 0.6) is 0 Å². The molecule has 0 aliphatic rings. The van der Waals surface area contributed by atoms with Gasteiger partial charge in [0.25, 0.3) is 5.91 Å². The van der Waals surface area contributed by atoms with Crippen molar-refractivity contribution in [2.75, 3.05) is 13.2 Å². The molecule has 1 heterocycles. The number of aromatic nitrogens is 2. The van der Waals surface area contributed by atoms with Gasteiger partial charge in [0.15, 0.2) is 0 Å². The van der Waals surface area contributed by atoms with E-state index < -0.39 is 0 Å². The summed E-state index contributed by atoms with van der Waals surface area (Å²) in [4.78, 5) is 21.5. The highest BCUT2D eigenvalue weighted by Crippen LogP contribution is 2.12. The molecule has 5 heteroatoms. The van der Waals surface area contributed by atoms with Gasteiger partial charge in [-0.2, -0.15) is 0 Å². The lowest BCUT2D eigenvalue weighted by Crippen LogP contribution is -2.33. The summed E-state index contributed by atoms with van der Waals surface area (Å²) in [6.45, 7) is 4.69. The molecule has 0 atom stereocenters. The van der Waals surface area contributed by atoms with Gasteiger partial charge in [0, 0.05) is 12.1 Å². The highest BCUT2D eigenvalue weighted by molar-refractivity contribution is 5.94. The predicted molar refractivity (Wildman–Crippen MR) is 90.2 cm³/mol. The van der Waals surface area contributed by atoms with E-state index in [2.05, 4.69) is 16.9 Å². The fourth-order valence-corrected chi connectivity index (χ4v) is 2.51. The minimum atomic E-state index is -0.0756. The topological polar surface area (TPSA) is 69.2 Å². The Morgan fingerprint density at radius 1 is 1.30 bits per heavy atom. The van der Waals surface area contributed by atoms with Crippen molar-refractivity contribution in [3.05, 3.63) is 53.1 Å². The van der Waals surface area contributed by atoms with E-state index in [0.717, 1.165) is 30.8 Å². The monoisotopic (exact) mass is 315 g/mol. The summed E-state index contributed by atoms with van der Waals surface area (Å²) >= 11 is 0. The van der Waals surface area contributed by atoms with E-state index in [9.17, 15) is 9.90 Å². The molecule has 2 aromatic rings. The first kappa shape index (κ1) is 17.2. The number of hydrogen-bond donors (Lipinski definition) is 2. The van der Waals surface area contributed by atoms with E-state index >= 15 is 0 Å². The molecule has 1 aromatic carbocycles. The number of nitrogens with one attached hydrogen (secondary N) is 1. The number of unbranched alkanes of at least 4 members (excludes halogenated alkanes) is 1. The smallest absolute Gasteiger partial charge is 0.254 e. The summed E-state index contributed by atoms with van der Waals surface area (Å²) in [7, 11) is 0. The van der Waals surface area contributed by atoms with E-state index in [1.54, 1.807) is 11.1 Å². The number of hydrogen-bond acceptors (Lipinski definition) is 3. The minimum Gasteiger partial charge on any atom is -0.395 e. The Morgan fingerprint density at radius 2 is 2.04 bits per heavy atom. The molecule has 0 bridgehead atoms. The van der Waals surface area contributed by atoms with Crippen LogP contribution in [-0.2, 0) is 13.0 Å². The van der Waals surface area contributed by atoms with Gasteiger partial charge >= 0.3 is 0 Å². The van der Waals surface area contributed by atoms with Crippen molar-refractivity contribution in [1.82, 2.24) is 14.9 Å². The quantitative estimate of drug-likeness (QED) is 0.787. The van der Waals surface area contributed by atoms with Gasteiger partial charge in [0.1, 0.15) is 5.82 Å². The Balaban J connectivity index is 2.07. The van der Waals surface area contributed by atoms with E-state index in [4.69, 9.17) is 0 Å². The van der Waals surface area contributed by atoms with E-state index in [1.807, 2.05) is 31.2 Å². The van der Waals surface area contributed by atoms with Crippen LogP contribution in [0.2, 0.25) is 0 Å². The second-order valence-corrected chi connectivity index (χ2v) is 5.74.